The minimum Gasteiger partial charge on any atom is -0.285 e. The van der Waals surface area contributed by atoms with Gasteiger partial charge in [-0.25, -0.2) is 9.59 Å². The van der Waals surface area contributed by atoms with Crippen LogP contribution in [0.4, 0.5) is 9.59 Å². The van der Waals surface area contributed by atoms with Crippen LogP contribution in [0.3, 0.4) is 0 Å². The van der Waals surface area contributed by atoms with E-state index >= 15 is 0 Å². The van der Waals surface area contributed by atoms with Crippen molar-refractivity contribution < 1.29 is 9.59 Å². The van der Waals surface area contributed by atoms with Crippen LogP contribution in [0.2, 0.25) is 0 Å². The number of amides is 4. The average Bonchev–Trinajstić information content (AvgIpc) is 2.48. The predicted octanol–water partition coefficient (Wildman–Crippen LogP) is 1.81. The average molecular weight is 308 g/mol. The van der Waals surface area contributed by atoms with Crippen molar-refractivity contribution in [3.63, 3.8) is 0 Å². The van der Waals surface area contributed by atoms with Gasteiger partial charge in [0, 0.05) is 37.6 Å². The lowest BCUT2D eigenvalue weighted by atomic mass is 10.4. The monoisotopic (exact) mass is 306 g/mol. The highest BCUT2D eigenvalue weighted by Crippen LogP contribution is 2.56. The molecule has 2 rings (SSSR count). The Morgan fingerprint density at radius 3 is 1.50 bits per heavy atom. The zero-order valence-electron chi connectivity index (χ0n) is 8.12. The van der Waals surface area contributed by atoms with Gasteiger partial charge >= 0.3 is 12.1 Å². The molecule has 2 aliphatic heterocycles. The number of likely N-dealkylation sites (N-methyl/N-ethyl adjacent to an activating group) is 2. The molecule has 0 aliphatic carbocycles. The highest BCUT2D eigenvalue weighted by atomic mass is 35.5. The highest BCUT2D eigenvalue weighted by molar-refractivity contribution is 6.46. The van der Waals surface area contributed by atoms with E-state index in [-0.39, 0.29) is 0 Å². The summed E-state index contributed by atoms with van der Waals surface area (Å²) in [6, 6.07) is -1.31. The van der Waals surface area contributed by atoms with Gasteiger partial charge in [-0.05, 0) is 0 Å². The van der Waals surface area contributed by atoms with Gasteiger partial charge in [0.1, 0.15) is 0 Å². The van der Waals surface area contributed by atoms with E-state index in [0.717, 1.165) is 9.80 Å². The minimum absolute atomic E-state index is 0.506. The number of carbonyl (C=O) groups is 2. The molecule has 0 spiro atoms. The van der Waals surface area contributed by atoms with Crippen LogP contribution in [0.5, 0.6) is 0 Å². The number of urea groups is 2. The van der Waals surface area contributed by atoms with Crippen LogP contribution in [0, 0.1) is 0 Å². The summed E-state index contributed by atoms with van der Waals surface area (Å²) in [6.07, 6.45) is 0. The molecule has 0 aromatic heterocycles. The van der Waals surface area contributed by atoms with Crippen LogP contribution in [0.15, 0.2) is 0 Å². The number of alkyl halides is 2. The first-order valence-electron chi connectivity index (χ1n) is 4.06. The van der Waals surface area contributed by atoms with Crippen molar-refractivity contribution in [3.8, 4) is 0 Å². The van der Waals surface area contributed by atoms with Crippen molar-refractivity contribution in [2.24, 2.45) is 0 Å². The molecule has 2 aliphatic rings. The Labute approximate surface area is 111 Å². The van der Waals surface area contributed by atoms with Crippen LogP contribution in [-0.2, 0) is 0 Å². The molecule has 0 radical (unpaired) electrons. The summed E-state index contributed by atoms with van der Waals surface area (Å²) in [5.41, 5.74) is 0. The summed E-state index contributed by atoms with van der Waals surface area (Å²) in [4.78, 5) is 25.4. The molecule has 4 amide bonds. The number of nitrogens with zero attached hydrogens (tertiary/aromatic N) is 4. The molecule has 2 fully saturated rings. The van der Waals surface area contributed by atoms with E-state index in [2.05, 4.69) is 0 Å². The van der Waals surface area contributed by atoms with Gasteiger partial charge in [0.2, 0.25) is 0 Å². The van der Waals surface area contributed by atoms with Crippen molar-refractivity contribution in [2.45, 2.75) is 10.2 Å². The Hall–Kier alpha value is -0.300. The molecule has 2 saturated heterocycles. The first-order valence-corrected chi connectivity index (χ1v) is 5.49. The number of carbonyl (C=O) groups excluding carboxylic acids is 2. The Kier molecular flexibility index (Phi) is 2.38. The van der Waals surface area contributed by atoms with Gasteiger partial charge in [-0.15, -0.1) is 0 Å². The molecule has 16 heavy (non-hydrogen) atoms. The summed E-state index contributed by atoms with van der Waals surface area (Å²) in [5, 5.41) is -3.53. The highest BCUT2D eigenvalue weighted by Gasteiger charge is 2.77. The number of fused-ring (bicyclic) bond motifs is 1. The molecule has 0 aromatic carbocycles. The topological polar surface area (TPSA) is 47.1 Å². The van der Waals surface area contributed by atoms with Crippen molar-refractivity contribution in [3.05, 3.63) is 0 Å². The second kappa shape index (κ2) is 3.13. The SMILES string of the molecule is CN1C(=O)N(C)C2(Cl)N(Cl)C(=O)N(Cl)C12Cl. The molecule has 0 aromatic rings. The first-order chi connectivity index (χ1) is 7.20. The molecule has 2 atom stereocenters. The maximum absolute atomic E-state index is 11.7. The number of hydrogen-bond acceptors (Lipinski definition) is 2. The molecule has 10 heteroatoms. The van der Waals surface area contributed by atoms with E-state index in [4.69, 9.17) is 46.8 Å². The Morgan fingerprint density at radius 1 is 0.875 bits per heavy atom. The third kappa shape index (κ3) is 0.932. The van der Waals surface area contributed by atoms with Crippen LogP contribution in [0.1, 0.15) is 0 Å². The molecular weight excluding hydrogens is 302 g/mol. The van der Waals surface area contributed by atoms with Crippen LogP contribution in [0.25, 0.3) is 0 Å². The largest absolute Gasteiger partial charge is 0.355 e. The van der Waals surface area contributed by atoms with Crippen molar-refractivity contribution >= 4 is 58.8 Å². The molecule has 0 N–H and O–H groups in total. The van der Waals surface area contributed by atoms with E-state index in [1.165, 1.54) is 14.1 Å². The van der Waals surface area contributed by atoms with Gasteiger partial charge in [0.05, 0.1) is 0 Å². The van der Waals surface area contributed by atoms with E-state index in [1.54, 1.807) is 0 Å². The quantitative estimate of drug-likeness (QED) is 0.389. The fraction of sp³-hybridized carbons (Fsp3) is 0.667. The van der Waals surface area contributed by atoms with Crippen LogP contribution < -0.4 is 0 Å². The zero-order chi connectivity index (χ0) is 12.5. The maximum Gasteiger partial charge on any atom is 0.355 e. The van der Waals surface area contributed by atoms with Gasteiger partial charge in [0.25, 0.3) is 10.2 Å². The predicted molar refractivity (Wildman–Crippen MR) is 58.9 cm³/mol. The summed E-state index contributed by atoms with van der Waals surface area (Å²) in [6.45, 7) is 0. The molecular formula is C6H6Cl4N4O2. The normalized spacial score (nSPS) is 38.9. The minimum atomic E-state index is -1.76. The molecule has 90 valence electrons. The fourth-order valence-corrected chi connectivity index (χ4v) is 3.20. The van der Waals surface area contributed by atoms with E-state index < -0.39 is 22.3 Å². The number of hydrogen-bond donors (Lipinski definition) is 0. The lowest BCUT2D eigenvalue weighted by Gasteiger charge is -2.35. The zero-order valence-corrected chi connectivity index (χ0v) is 11.1. The van der Waals surface area contributed by atoms with Gasteiger partial charge in [-0.2, -0.15) is 8.84 Å². The fourth-order valence-electron chi connectivity index (χ4n) is 1.75. The first kappa shape index (κ1) is 12.2. The smallest absolute Gasteiger partial charge is 0.285 e. The molecule has 0 saturated carbocycles. The standard InChI is InChI=1S/C6H6Cl4N4O2/c1-11-3(15)12(2)6(8)5(11,7)13(9)4(16)14(6)10/h1-2H3. The van der Waals surface area contributed by atoms with Crippen LogP contribution >= 0.6 is 46.8 Å². The second-order valence-electron chi connectivity index (χ2n) is 3.42. The summed E-state index contributed by atoms with van der Waals surface area (Å²) in [5.74, 6) is 0. The molecule has 0 bridgehead atoms. The third-order valence-electron chi connectivity index (χ3n) is 2.72. The van der Waals surface area contributed by atoms with Crippen LogP contribution in [-0.4, -0.2) is 55.0 Å². The van der Waals surface area contributed by atoms with E-state index in [1.807, 2.05) is 0 Å². The summed E-state index contributed by atoms with van der Waals surface area (Å²) in [7, 11) is 2.74. The molecule has 2 heterocycles. The number of halogens is 4. The van der Waals surface area contributed by atoms with E-state index in [0.29, 0.717) is 8.84 Å². The summed E-state index contributed by atoms with van der Waals surface area (Å²) < 4.78 is 1.19. The van der Waals surface area contributed by atoms with Gasteiger partial charge in [-0.3, -0.25) is 9.80 Å². The number of rotatable bonds is 0. The Morgan fingerprint density at radius 2 is 1.19 bits per heavy atom. The van der Waals surface area contributed by atoms with Crippen molar-refractivity contribution in [1.82, 2.24) is 18.6 Å². The van der Waals surface area contributed by atoms with E-state index in [9.17, 15) is 9.59 Å². The molecule has 6 nitrogen and oxygen atoms in total. The summed E-state index contributed by atoms with van der Waals surface area (Å²) >= 11 is 23.8. The molecule has 2 unspecified atom stereocenters. The second-order valence-corrected chi connectivity index (χ2v) is 5.15. The lowest BCUT2D eigenvalue weighted by molar-refractivity contribution is 0.141. The van der Waals surface area contributed by atoms with Crippen molar-refractivity contribution in [2.75, 3.05) is 14.1 Å². The lowest BCUT2D eigenvalue weighted by Crippen LogP contribution is -2.57. The van der Waals surface area contributed by atoms with Gasteiger partial charge < -0.3 is 0 Å². The van der Waals surface area contributed by atoms with Gasteiger partial charge in [-0.1, -0.05) is 23.2 Å². The Bertz CT molecular complexity index is 331. The van der Waals surface area contributed by atoms with Crippen molar-refractivity contribution in [1.29, 1.82) is 0 Å². The van der Waals surface area contributed by atoms with Gasteiger partial charge in [0.15, 0.2) is 0 Å². The Balaban J connectivity index is 2.66. The third-order valence-corrected chi connectivity index (χ3v) is 5.14. The maximum atomic E-state index is 11.7.